The van der Waals surface area contributed by atoms with E-state index in [1.807, 2.05) is 36.8 Å². The Kier molecular flexibility index (Phi) is 9.60. The van der Waals surface area contributed by atoms with Gasteiger partial charge in [0.25, 0.3) is 5.91 Å². The molecular weight excluding hydrogens is 525 g/mol. The Balaban J connectivity index is 1.94. The van der Waals surface area contributed by atoms with Crippen molar-refractivity contribution in [2.75, 3.05) is 44.3 Å². The summed E-state index contributed by atoms with van der Waals surface area (Å²) in [5, 5.41) is 0. The molecule has 0 fully saturated rings. The van der Waals surface area contributed by atoms with Crippen molar-refractivity contribution in [2.45, 2.75) is 38.7 Å². The van der Waals surface area contributed by atoms with Crippen molar-refractivity contribution in [3.05, 3.63) is 53.9 Å². The predicted octanol–water partition coefficient (Wildman–Crippen LogP) is 3.39. The highest BCUT2D eigenvalue weighted by atomic mass is 32.2. The number of pyridine rings is 1. The summed E-state index contributed by atoms with van der Waals surface area (Å²) in [6.45, 7) is 5.55. The van der Waals surface area contributed by atoms with E-state index in [1.165, 1.54) is 23.1 Å². The van der Waals surface area contributed by atoms with Crippen LogP contribution in [-0.4, -0.2) is 87.0 Å². The van der Waals surface area contributed by atoms with Crippen LogP contribution in [0.4, 0.5) is 18.9 Å². The van der Waals surface area contributed by atoms with E-state index in [-0.39, 0.29) is 48.2 Å². The summed E-state index contributed by atoms with van der Waals surface area (Å²) < 4.78 is 75.7. The molecule has 0 aliphatic carbocycles. The van der Waals surface area contributed by atoms with Gasteiger partial charge in [-0.3, -0.25) is 19.4 Å². The number of alkyl halides is 3. The largest absolute Gasteiger partial charge is 0.491 e. The highest BCUT2D eigenvalue weighted by Gasteiger charge is 2.35. The number of methoxy groups -OCH3 is 1. The minimum absolute atomic E-state index is 0.0470. The molecule has 3 rings (SSSR count). The van der Waals surface area contributed by atoms with Crippen LogP contribution in [0, 0.1) is 5.92 Å². The molecule has 1 aromatic heterocycles. The van der Waals surface area contributed by atoms with Gasteiger partial charge in [0.1, 0.15) is 12.4 Å². The van der Waals surface area contributed by atoms with Crippen LogP contribution in [0.25, 0.3) is 0 Å². The third-order valence-electron chi connectivity index (χ3n) is 6.29. The Morgan fingerprint density at radius 3 is 2.55 bits per heavy atom. The quantitative estimate of drug-likeness (QED) is 0.580. The first-order valence-corrected chi connectivity index (χ1v) is 13.7. The number of rotatable bonds is 6. The Labute approximate surface area is 221 Å². The zero-order chi connectivity index (χ0) is 28.1. The van der Waals surface area contributed by atoms with Gasteiger partial charge in [-0.2, -0.15) is 13.2 Å². The van der Waals surface area contributed by atoms with Gasteiger partial charge in [0, 0.05) is 52.1 Å². The molecule has 13 heteroatoms. The number of hydrogen-bond donors (Lipinski definition) is 1. The first-order chi connectivity index (χ1) is 17.8. The van der Waals surface area contributed by atoms with E-state index in [9.17, 15) is 26.4 Å². The fraction of sp³-hybridized carbons (Fsp3) is 0.520. The first kappa shape index (κ1) is 29.7. The normalized spacial score (nSPS) is 22.1. The van der Waals surface area contributed by atoms with Crippen LogP contribution >= 0.6 is 0 Å². The molecule has 1 amide bonds. The number of halogens is 3. The molecule has 1 aromatic carbocycles. The summed E-state index contributed by atoms with van der Waals surface area (Å²) in [4.78, 5) is 21.4. The number of carbonyl (C=O) groups excluding carboxylic acids is 1. The summed E-state index contributed by atoms with van der Waals surface area (Å²) in [6.07, 6.45) is -3.47. The van der Waals surface area contributed by atoms with Gasteiger partial charge in [-0.25, -0.2) is 8.42 Å². The molecule has 1 aliphatic rings. The number of aromatic nitrogens is 1. The van der Waals surface area contributed by atoms with E-state index < -0.39 is 27.9 Å². The average molecular weight is 559 g/mol. The van der Waals surface area contributed by atoms with Crippen molar-refractivity contribution in [2.24, 2.45) is 5.92 Å². The van der Waals surface area contributed by atoms with Crippen LogP contribution in [0.1, 0.15) is 29.9 Å². The monoisotopic (exact) mass is 558 g/mol. The number of hydrogen-bond acceptors (Lipinski definition) is 7. The van der Waals surface area contributed by atoms with Crippen LogP contribution in [0.2, 0.25) is 0 Å². The van der Waals surface area contributed by atoms with Gasteiger partial charge in [0.05, 0.1) is 23.0 Å². The van der Waals surface area contributed by atoms with Crippen molar-refractivity contribution in [3.8, 4) is 5.75 Å². The van der Waals surface area contributed by atoms with Crippen LogP contribution in [-0.2, 0) is 21.3 Å². The summed E-state index contributed by atoms with van der Waals surface area (Å²) in [5.74, 6) is -2.32. The maximum Gasteiger partial charge on any atom is 0.404 e. The zero-order valence-corrected chi connectivity index (χ0v) is 22.6. The molecule has 0 saturated heterocycles. The molecule has 38 heavy (non-hydrogen) atoms. The summed E-state index contributed by atoms with van der Waals surface area (Å²) in [7, 11) is -1.50. The Hall–Kier alpha value is -2.90. The maximum atomic E-state index is 13.3. The lowest BCUT2D eigenvalue weighted by molar-refractivity contribution is -0.106. The molecule has 3 atom stereocenters. The lowest BCUT2D eigenvalue weighted by Gasteiger charge is -2.35. The van der Waals surface area contributed by atoms with Crippen molar-refractivity contribution < 1.29 is 35.9 Å². The van der Waals surface area contributed by atoms with E-state index >= 15 is 0 Å². The number of likely N-dealkylation sites (N-methyl/N-ethyl adjacent to an activating group) is 1. The van der Waals surface area contributed by atoms with Crippen LogP contribution < -0.4 is 9.46 Å². The van der Waals surface area contributed by atoms with Gasteiger partial charge in [0.2, 0.25) is 10.0 Å². The minimum atomic E-state index is -4.90. The second-order valence-corrected chi connectivity index (χ2v) is 11.3. The van der Waals surface area contributed by atoms with Gasteiger partial charge < -0.3 is 14.4 Å². The second kappa shape index (κ2) is 12.3. The van der Waals surface area contributed by atoms with E-state index in [0.29, 0.717) is 13.1 Å². The molecule has 0 bridgehead atoms. The first-order valence-electron chi connectivity index (χ1n) is 12.0. The van der Waals surface area contributed by atoms with Gasteiger partial charge in [0.15, 0.2) is 5.75 Å². The molecular formula is C25H33F3N4O5S. The van der Waals surface area contributed by atoms with Gasteiger partial charge in [-0.15, -0.1) is 0 Å². The Bertz CT molecular complexity index is 1200. The minimum Gasteiger partial charge on any atom is -0.491 e. The average Bonchev–Trinajstić information content (AvgIpc) is 2.83. The molecule has 1 N–H and O–H groups in total. The SMILES string of the molecule is CO[C@@H]1CN(C)C(=O)c2ccc(NS(=O)(=O)CC(F)(F)F)cc2OC[C@@H](C)N(Cc2ccccn2)C[C@H]1C. The molecule has 2 heterocycles. The molecule has 0 spiro atoms. The third kappa shape index (κ3) is 8.30. The lowest BCUT2D eigenvalue weighted by Crippen LogP contribution is -2.46. The van der Waals surface area contributed by atoms with E-state index in [1.54, 1.807) is 20.4 Å². The van der Waals surface area contributed by atoms with Crippen molar-refractivity contribution >= 4 is 21.6 Å². The fourth-order valence-corrected chi connectivity index (χ4v) is 5.25. The summed E-state index contributed by atoms with van der Waals surface area (Å²) in [5.41, 5.74) is 0.872. The van der Waals surface area contributed by atoms with E-state index in [2.05, 4.69) is 9.88 Å². The molecule has 0 radical (unpaired) electrons. The van der Waals surface area contributed by atoms with Gasteiger partial charge in [-0.05, 0) is 37.1 Å². The Morgan fingerprint density at radius 2 is 1.92 bits per heavy atom. The smallest absolute Gasteiger partial charge is 0.404 e. The fourth-order valence-electron chi connectivity index (χ4n) is 4.26. The summed E-state index contributed by atoms with van der Waals surface area (Å²) >= 11 is 0. The van der Waals surface area contributed by atoms with Gasteiger partial charge in [-0.1, -0.05) is 13.0 Å². The number of carbonyl (C=O) groups is 1. The van der Waals surface area contributed by atoms with Crippen molar-refractivity contribution in [1.29, 1.82) is 0 Å². The molecule has 9 nitrogen and oxygen atoms in total. The number of amides is 1. The second-order valence-electron chi connectivity index (χ2n) is 9.53. The number of ether oxygens (including phenoxy) is 2. The number of benzene rings is 1. The van der Waals surface area contributed by atoms with Crippen molar-refractivity contribution in [1.82, 2.24) is 14.8 Å². The summed E-state index contributed by atoms with van der Waals surface area (Å²) in [6, 6.07) is 9.30. The molecule has 0 saturated carbocycles. The lowest BCUT2D eigenvalue weighted by atomic mass is 10.0. The topological polar surface area (TPSA) is 101 Å². The number of fused-ring (bicyclic) bond motifs is 1. The van der Waals surface area contributed by atoms with E-state index in [0.717, 1.165) is 5.69 Å². The molecule has 2 aromatic rings. The molecule has 0 unspecified atom stereocenters. The number of sulfonamides is 1. The zero-order valence-electron chi connectivity index (χ0n) is 21.7. The number of nitrogens with zero attached hydrogens (tertiary/aromatic N) is 3. The number of nitrogens with one attached hydrogen (secondary N) is 1. The standard InChI is InChI=1S/C25H33F3N4O5S/c1-17-12-32(13-20-7-5-6-10-29-20)18(2)15-37-22-11-19(30-38(34,35)16-25(26,27)28)8-9-21(22)24(33)31(3)14-23(17)36-4/h5-11,17-18,23,30H,12-16H2,1-4H3/t17-,18-,23-/m1/s1. The van der Waals surface area contributed by atoms with Crippen LogP contribution in [0.15, 0.2) is 42.6 Å². The van der Waals surface area contributed by atoms with E-state index in [4.69, 9.17) is 9.47 Å². The van der Waals surface area contributed by atoms with Crippen LogP contribution in [0.3, 0.4) is 0 Å². The predicted molar refractivity (Wildman–Crippen MR) is 136 cm³/mol. The third-order valence-corrected chi connectivity index (χ3v) is 7.55. The Morgan fingerprint density at radius 1 is 1.18 bits per heavy atom. The molecule has 1 aliphatic heterocycles. The van der Waals surface area contributed by atoms with Gasteiger partial charge >= 0.3 is 6.18 Å². The van der Waals surface area contributed by atoms with Crippen molar-refractivity contribution in [3.63, 3.8) is 0 Å². The van der Waals surface area contributed by atoms with Crippen LogP contribution in [0.5, 0.6) is 5.75 Å². The maximum absolute atomic E-state index is 13.3. The highest BCUT2D eigenvalue weighted by Crippen LogP contribution is 2.28. The molecule has 210 valence electrons. The number of anilines is 1. The highest BCUT2D eigenvalue weighted by molar-refractivity contribution is 7.92.